The number of anilines is 1. The Hall–Kier alpha value is -1.51. The molecule has 3 heteroatoms. The summed E-state index contributed by atoms with van der Waals surface area (Å²) in [6.07, 6.45) is 6.85. The molecule has 17 heavy (non-hydrogen) atoms. The van der Waals surface area contributed by atoms with Crippen molar-refractivity contribution < 1.29 is 0 Å². The normalized spacial score (nSPS) is 16.9. The van der Waals surface area contributed by atoms with E-state index in [1.54, 1.807) is 0 Å². The summed E-state index contributed by atoms with van der Waals surface area (Å²) in [6, 6.07) is 8.22. The van der Waals surface area contributed by atoms with Gasteiger partial charge in [-0.15, -0.1) is 0 Å². The van der Waals surface area contributed by atoms with Crippen molar-refractivity contribution in [1.82, 2.24) is 9.78 Å². The lowest BCUT2D eigenvalue weighted by atomic mass is 10.0. The average Bonchev–Trinajstić information content (AvgIpc) is 2.96. The maximum Gasteiger partial charge on any atom is 0.153 e. The van der Waals surface area contributed by atoms with Gasteiger partial charge in [0, 0.05) is 11.9 Å². The van der Waals surface area contributed by atoms with Gasteiger partial charge in [-0.05, 0) is 24.5 Å². The summed E-state index contributed by atoms with van der Waals surface area (Å²) >= 11 is 0. The number of nitrogen functional groups attached to an aromatic ring is 1. The van der Waals surface area contributed by atoms with Crippen molar-refractivity contribution in [2.75, 3.05) is 5.73 Å². The standard InChI is InChI=1S/C14H19N3/c15-14-12-7-3-4-8-13(12)17(16-14)10-9-11-5-1-2-6-11/h3-4,7-8,11H,1-2,5-6,9-10H2,(H2,15,16). The van der Waals surface area contributed by atoms with E-state index in [1.807, 2.05) is 12.1 Å². The van der Waals surface area contributed by atoms with Crippen LogP contribution in [-0.4, -0.2) is 9.78 Å². The Balaban J connectivity index is 1.80. The Morgan fingerprint density at radius 1 is 1.24 bits per heavy atom. The number of hydrogen-bond acceptors (Lipinski definition) is 2. The van der Waals surface area contributed by atoms with Gasteiger partial charge in [0.05, 0.1) is 5.52 Å². The Morgan fingerprint density at radius 3 is 2.82 bits per heavy atom. The molecule has 1 aliphatic carbocycles. The Bertz CT molecular complexity index is 509. The molecular formula is C14H19N3. The zero-order valence-corrected chi connectivity index (χ0v) is 10.1. The van der Waals surface area contributed by atoms with Crippen LogP contribution in [0.25, 0.3) is 10.9 Å². The quantitative estimate of drug-likeness (QED) is 0.878. The minimum absolute atomic E-state index is 0.659. The van der Waals surface area contributed by atoms with Crippen LogP contribution in [0.2, 0.25) is 0 Å². The second kappa shape index (κ2) is 4.40. The number of nitrogens with zero attached hydrogens (tertiary/aromatic N) is 2. The number of rotatable bonds is 3. The van der Waals surface area contributed by atoms with Crippen molar-refractivity contribution in [2.45, 2.75) is 38.6 Å². The summed E-state index contributed by atoms with van der Waals surface area (Å²) in [6.45, 7) is 1.00. The summed E-state index contributed by atoms with van der Waals surface area (Å²) in [5.41, 5.74) is 7.10. The number of para-hydroxylation sites is 1. The van der Waals surface area contributed by atoms with Crippen LogP contribution < -0.4 is 5.73 Å². The van der Waals surface area contributed by atoms with Gasteiger partial charge >= 0.3 is 0 Å². The summed E-state index contributed by atoms with van der Waals surface area (Å²) in [5.74, 6) is 1.56. The molecule has 90 valence electrons. The highest BCUT2D eigenvalue weighted by Gasteiger charge is 2.15. The molecule has 0 spiro atoms. The van der Waals surface area contributed by atoms with E-state index < -0.39 is 0 Å². The number of aryl methyl sites for hydroxylation is 1. The van der Waals surface area contributed by atoms with Crippen LogP contribution in [0.3, 0.4) is 0 Å². The maximum atomic E-state index is 5.93. The second-order valence-corrected chi connectivity index (χ2v) is 5.06. The topological polar surface area (TPSA) is 43.8 Å². The molecule has 3 nitrogen and oxygen atoms in total. The van der Waals surface area contributed by atoms with Crippen LogP contribution in [0.4, 0.5) is 5.82 Å². The third-order valence-corrected chi connectivity index (χ3v) is 3.91. The first-order valence-corrected chi connectivity index (χ1v) is 6.55. The van der Waals surface area contributed by atoms with Crippen molar-refractivity contribution in [1.29, 1.82) is 0 Å². The molecule has 0 radical (unpaired) electrons. The SMILES string of the molecule is Nc1nn(CCC2CCCC2)c2ccccc12. The lowest BCUT2D eigenvalue weighted by molar-refractivity contribution is 0.446. The molecular weight excluding hydrogens is 210 g/mol. The molecule has 2 aromatic rings. The zero-order chi connectivity index (χ0) is 11.7. The number of aromatic nitrogens is 2. The van der Waals surface area contributed by atoms with Gasteiger partial charge < -0.3 is 5.73 Å². The molecule has 0 aliphatic heterocycles. The molecule has 1 heterocycles. The van der Waals surface area contributed by atoms with Gasteiger partial charge in [0.1, 0.15) is 0 Å². The third-order valence-electron chi connectivity index (χ3n) is 3.91. The second-order valence-electron chi connectivity index (χ2n) is 5.06. The molecule has 3 rings (SSSR count). The summed E-state index contributed by atoms with van der Waals surface area (Å²) in [4.78, 5) is 0. The fourth-order valence-electron chi connectivity index (χ4n) is 2.93. The molecule has 1 saturated carbocycles. The highest BCUT2D eigenvalue weighted by molar-refractivity contribution is 5.88. The lowest BCUT2D eigenvalue weighted by Gasteiger charge is -2.09. The smallest absolute Gasteiger partial charge is 0.153 e. The molecule has 1 fully saturated rings. The molecule has 1 aromatic carbocycles. The lowest BCUT2D eigenvalue weighted by Crippen LogP contribution is -2.05. The van der Waals surface area contributed by atoms with Crippen LogP contribution in [-0.2, 0) is 6.54 Å². The summed E-state index contributed by atoms with van der Waals surface area (Å²) in [5, 5.41) is 5.53. The van der Waals surface area contributed by atoms with Gasteiger partial charge in [-0.1, -0.05) is 37.8 Å². The van der Waals surface area contributed by atoms with Gasteiger partial charge in [0.25, 0.3) is 0 Å². The van der Waals surface area contributed by atoms with Crippen LogP contribution >= 0.6 is 0 Å². The van der Waals surface area contributed by atoms with E-state index in [0.717, 1.165) is 17.8 Å². The van der Waals surface area contributed by atoms with Crippen molar-refractivity contribution in [3.8, 4) is 0 Å². The Morgan fingerprint density at radius 2 is 2.00 bits per heavy atom. The van der Waals surface area contributed by atoms with E-state index in [1.165, 1.54) is 37.6 Å². The van der Waals surface area contributed by atoms with Crippen molar-refractivity contribution in [3.63, 3.8) is 0 Å². The minimum atomic E-state index is 0.659. The number of fused-ring (bicyclic) bond motifs is 1. The fourth-order valence-corrected chi connectivity index (χ4v) is 2.93. The largest absolute Gasteiger partial charge is 0.382 e. The van der Waals surface area contributed by atoms with E-state index in [2.05, 4.69) is 21.9 Å². The minimum Gasteiger partial charge on any atom is -0.382 e. The van der Waals surface area contributed by atoms with E-state index in [4.69, 9.17) is 5.73 Å². The highest BCUT2D eigenvalue weighted by Crippen LogP contribution is 2.28. The van der Waals surface area contributed by atoms with Gasteiger partial charge in [-0.2, -0.15) is 5.10 Å². The van der Waals surface area contributed by atoms with E-state index >= 15 is 0 Å². The van der Waals surface area contributed by atoms with Gasteiger partial charge in [0.2, 0.25) is 0 Å². The molecule has 0 saturated heterocycles. The first kappa shape index (κ1) is 10.6. The average molecular weight is 229 g/mol. The van der Waals surface area contributed by atoms with E-state index in [0.29, 0.717) is 5.82 Å². The first-order chi connectivity index (χ1) is 8.34. The number of hydrogen-bond donors (Lipinski definition) is 1. The first-order valence-electron chi connectivity index (χ1n) is 6.55. The predicted octanol–water partition coefficient (Wildman–Crippen LogP) is 3.20. The predicted molar refractivity (Wildman–Crippen MR) is 70.7 cm³/mol. The Labute approximate surface area is 102 Å². The van der Waals surface area contributed by atoms with Gasteiger partial charge in [-0.25, -0.2) is 0 Å². The van der Waals surface area contributed by atoms with E-state index in [9.17, 15) is 0 Å². The van der Waals surface area contributed by atoms with Crippen LogP contribution in [0.5, 0.6) is 0 Å². The number of nitrogens with two attached hydrogens (primary N) is 1. The molecule has 1 aliphatic rings. The van der Waals surface area contributed by atoms with Crippen molar-refractivity contribution in [2.24, 2.45) is 5.92 Å². The highest BCUT2D eigenvalue weighted by atomic mass is 15.3. The molecule has 0 unspecified atom stereocenters. The van der Waals surface area contributed by atoms with Crippen LogP contribution in [0.1, 0.15) is 32.1 Å². The van der Waals surface area contributed by atoms with Crippen molar-refractivity contribution in [3.05, 3.63) is 24.3 Å². The van der Waals surface area contributed by atoms with Gasteiger partial charge in [-0.3, -0.25) is 4.68 Å². The van der Waals surface area contributed by atoms with E-state index in [-0.39, 0.29) is 0 Å². The fraction of sp³-hybridized carbons (Fsp3) is 0.500. The molecule has 0 atom stereocenters. The number of benzene rings is 1. The molecule has 1 aromatic heterocycles. The van der Waals surface area contributed by atoms with Gasteiger partial charge in [0.15, 0.2) is 5.82 Å². The third kappa shape index (κ3) is 2.02. The molecule has 0 amide bonds. The Kier molecular flexibility index (Phi) is 2.75. The van der Waals surface area contributed by atoms with Crippen molar-refractivity contribution >= 4 is 16.7 Å². The monoisotopic (exact) mass is 229 g/mol. The zero-order valence-electron chi connectivity index (χ0n) is 10.1. The van der Waals surface area contributed by atoms with Crippen LogP contribution in [0.15, 0.2) is 24.3 Å². The molecule has 0 bridgehead atoms. The summed E-state index contributed by atoms with van der Waals surface area (Å²) in [7, 11) is 0. The maximum absolute atomic E-state index is 5.93. The molecule has 2 N–H and O–H groups in total. The van der Waals surface area contributed by atoms with Crippen LogP contribution in [0, 0.1) is 5.92 Å². The summed E-state index contributed by atoms with van der Waals surface area (Å²) < 4.78 is 2.07.